The predicted octanol–water partition coefficient (Wildman–Crippen LogP) is 8.01. The summed E-state index contributed by atoms with van der Waals surface area (Å²) in [6.07, 6.45) is 16.5. The molecule has 8 aromatic rings. The van der Waals surface area contributed by atoms with E-state index in [-0.39, 0.29) is 23.4 Å². The van der Waals surface area contributed by atoms with E-state index in [1.165, 1.54) is 60.8 Å². The maximum Gasteiger partial charge on any atom is 0.253 e. The van der Waals surface area contributed by atoms with Crippen LogP contribution in [-0.2, 0) is 24.2 Å². The molecule has 0 spiro atoms. The van der Waals surface area contributed by atoms with Crippen LogP contribution in [0, 0.1) is 11.6 Å². The van der Waals surface area contributed by atoms with E-state index in [9.17, 15) is 18.4 Å². The summed E-state index contributed by atoms with van der Waals surface area (Å²) >= 11 is 6.34. The fourth-order valence-corrected chi connectivity index (χ4v) is 7.92. The Kier molecular flexibility index (Phi) is 13.3. The van der Waals surface area contributed by atoms with Gasteiger partial charge in [0.2, 0.25) is 0 Å². The molecular formula is C40H35BrF2N10O3S2. The highest BCUT2D eigenvalue weighted by Gasteiger charge is 2.17. The molecule has 2 N–H and O–H groups in total. The topological polar surface area (TPSA) is 155 Å². The summed E-state index contributed by atoms with van der Waals surface area (Å²) in [5, 5.41) is 16.8. The van der Waals surface area contributed by atoms with Crippen molar-refractivity contribution in [3.8, 4) is 11.4 Å². The van der Waals surface area contributed by atoms with E-state index in [0.717, 1.165) is 38.3 Å². The lowest BCUT2D eigenvalue weighted by molar-refractivity contribution is 0.0944. The van der Waals surface area contributed by atoms with E-state index < -0.39 is 0 Å². The van der Waals surface area contributed by atoms with Crippen molar-refractivity contribution < 1.29 is 23.1 Å². The Morgan fingerprint density at radius 1 is 0.690 bits per heavy atom. The van der Waals surface area contributed by atoms with Gasteiger partial charge in [-0.25, -0.2) is 28.1 Å². The average molecular weight is 886 g/mol. The molecular weight excluding hydrogens is 851 g/mol. The van der Waals surface area contributed by atoms with Crippen molar-refractivity contribution in [1.82, 2.24) is 50.1 Å². The largest absolute Gasteiger partial charge is 0.381 e. The molecule has 0 unspecified atom stereocenters. The smallest absolute Gasteiger partial charge is 0.253 e. The fourth-order valence-electron chi connectivity index (χ4n) is 5.82. The molecule has 13 nitrogen and oxygen atoms in total. The minimum atomic E-state index is -0.321. The molecule has 58 heavy (non-hydrogen) atoms. The molecule has 0 aliphatic carbocycles. The van der Waals surface area contributed by atoms with E-state index in [2.05, 4.69) is 56.7 Å². The van der Waals surface area contributed by atoms with Gasteiger partial charge in [0.15, 0.2) is 3.92 Å². The zero-order chi connectivity index (χ0) is 40.4. The molecule has 2 amide bonds. The number of pyridine rings is 2. The molecule has 6 aromatic heterocycles. The van der Waals surface area contributed by atoms with E-state index in [0.29, 0.717) is 57.4 Å². The lowest BCUT2D eigenvalue weighted by Crippen LogP contribution is -2.22. The molecule has 2 aromatic carbocycles. The van der Waals surface area contributed by atoms with Crippen LogP contribution < -0.4 is 10.6 Å². The number of rotatable bonds is 9. The van der Waals surface area contributed by atoms with Gasteiger partial charge in [-0.15, -0.1) is 22.7 Å². The van der Waals surface area contributed by atoms with Crippen LogP contribution in [0.1, 0.15) is 55.2 Å². The number of amides is 2. The van der Waals surface area contributed by atoms with Gasteiger partial charge in [-0.1, -0.05) is 6.92 Å². The number of nitrogens with one attached hydrogen (secondary N) is 2. The third kappa shape index (κ3) is 9.82. The van der Waals surface area contributed by atoms with Gasteiger partial charge < -0.3 is 15.4 Å². The van der Waals surface area contributed by atoms with Crippen molar-refractivity contribution in [2.45, 2.75) is 39.3 Å². The number of ether oxygens (including phenoxy) is 1. The van der Waals surface area contributed by atoms with Crippen LogP contribution in [0.3, 0.4) is 0 Å². The Balaban J connectivity index is 0.000000157. The number of hydrogen-bond acceptors (Lipinski definition) is 11. The quantitative estimate of drug-likeness (QED) is 0.147. The second kappa shape index (κ2) is 19.1. The second-order valence-electron chi connectivity index (χ2n) is 12.6. The summed E-state index contributed by atoms with van der Waals surface area (Å²) in [5.74, 6) is -1.11. The minimum absolute atomic E-state index is 0.224. The average Bonchev–Trinajstić information content (AvgIpc) is 4.11. The standard InChI is InChI=1S/C19H16FN5OS.C17H11BrFN5OS.C4H8O/c1-2-18-22-7-14(27-18)8-23-19(26)16-9-21-11-17-15(16)10-24-25(17)13-5-3-12(20)4-6-13;18-17-22-6-12(26-17)5-21-16(25)14-7-20-9-15-13(14)8-23-24(15)11-3-1-10(19)2-4-11;1-2-4-5-3-1/h3-7,9-11H,2,8H2,1H3,(H,23,26);1-4,6-9H,5H2,(H,21,25);1-4H2. The zero-order valence-electron chi connectivity index (χ0n) is 30.9. The Morgan fingerprint density at radius 3 is 1.59 bits per heavy atom. The number of halogens is 3. The molecule has 18 heteroatoms. The van der Waals surface area contributed by atoms with E-state index in [4.69, 9.17) is 4.74 Å². The number of aromatic nitrogens is 8. The van der Waals surface area contributed by atoms with Gasteiger partial charge in [-0.3, -0.25) is 19.6 Å². The minimum Gasteiger partial charge on any atom is -0.381 e. The highest BCUT2D eigenvalue weighted by molar-refractivity contribution is 9.11. The van der Waals surface area contributed by atoms with Gasteiger partial charge in [-0.2, -0.15) is 10.2 Å². The molecule has 0 saturated carbocycles. The van der Waals surface area contributed by atoms with Crippen LogP contribution in [0.2, 0.25) is 0 Å². The third-order valence-electron chi connectivity index (χ3n) is 8.73. The van der Waals surface area contributed by atoms with E-state index >= 15 is 0 Å². The van der Waals surface area contributed by atoms with Crippen molar-refractivity contribution >= 4 is 72.2 Å². The van der Waals surface area contributed by atoms with Gasteiger partial charge in [0.1, 0.15) is 11.6 Å². The molecule has 1 saturated heterocycles. The van der Waals surface area contributed by atoms with Gasteiger partial charge in [0.05, 0.1) is 76.4 Å². The predicted molar refractivity (Wildman–Crippen MR) is 221 cm³/mol. The number of carbonyl (C=O) groups excluding carboxylic acids is 2. The highest BCUT2D eigenvalue weighted by atomic mass is 79.9. The Bertz CT molecular complexity index is 2630. The summed E-state index contributed by atoms with van der Waals surface area (Å²) < 4.78 is 35.3. The summed E-state index contributed by atoms with van der Waals surface area (Å²) in [6, 6.07) is 12.0. The zero-order valence-corrected chi connectivity index (χ0v) is 34.2. The third-order valence-corrected chi connectivity index (χ3v) is 11.3. The van der Waals surface area contributed by atoms with Gasteiger partial charge in [0.25, 0.3) is 11.8 Å². The number of fused-ring (bicyclic) bond motifs is 2. The molecule has 0 atom stereocenters. The summed E-state index contributed by atoms with van der Waals surface area (Å²) in [5.41, 5.74) is 3.61. The van der Waals surface area contributed by atoms with Crippen LogP contribution in [0.4, 0.5) is 8.78 Å². The molecule has 0 bridgehead atoms. The van der Waals surface area contributed by atoms with Crippen molar-refractivity contribution in [2.75, 3.05) is 13.2 Å². The molecule has 1 aliphatic rings. The van der Waals surface area contributed by atoms with Gasteiger partial charge >= 0.3 is 0 Å². The van der Waals surface area contributed by atoms with E-state index in [1.54, 1.807) is 82.1 Å². The molecule has 1 fully saturated rings. The van der Waals surface area contributed by atoms with Crippen molar-refractivity contribution in [3.05, 3.63) is 140 Å². The lowest BCUT2D eigenvalue weighted by atomic mass is 10.2. The van der Waals surface area contributed by atoms with Gasteiger partial charge in [-0.05, 0) is 83.7 Å². The Hall–Kier alpha value is -5.82. The lowest BCUT2D eigenvalue weighted by Gasteiger charge is -2.06. The van der Waals surface area contributed by atoms with Crippen LogP contribution in [0.25, 0.3) is 33.2 Å². The fraction of sp³-hybridized carbons (Fsp3) is 0.200. The number of thiazole rings is 2. The van der Waals surface area contributed by atoms with E-state index in [1.807, 2.05) is 6.92 Å². The van der Waals surface area contributed by atoms with Crippen molar-refractivity contribution in [1.29, 1.82) is 0 Å². The maximum absolute atomic E-state index is 13.2. The molecule has 7 heterocycles. The maximum atomic E-state index is 13.2. The van der Waals surface area contributed by atoms with Crippen LogP contribution in [0.5, 0.6) is 0 Å². The first-order chi connectivity index (χ1) is 28.3. The summed E-state index contributed by atoms with van der Waals surface area (Å²) in [7, 11) is 0. The molecule has 0 radical (unpaired) electrons. The Morgan fingerprint density at radius 2 is 1.17 bits per heavy atom. The van der Waals surface area contributed by atoms with Crippen LogP contribution >= 0.6 is 38.6 Å². The van der Waals surface area contributed by atoms with Crippen molar-refractivity contribution in [3.63, 3.8) is 0 Å². The normalized spacial score (nSPS) is 12.1. The summed E-state index contributed by atoms with van der Waals surface area (Å²) in [4.78, 5) is 43.9. The molecule has 296 valence electrons. The summed E-state index contributed by atoms with van der Waals surface area (Å²) in [6.45, 7) is 4.84. The number of nitrogens with zero attached hydrogens (tertiary/aromatic N) is 8. The van der Waals surface area contributed by atoms with Crippen LogP contribution in [0.15, 0.2) is 102 Å². The first-order valence-corrected chi connectivity index (χ1v) is 20.5. The number of hydrogen-bond donors (Lipinski definition) is 2. The SMILES string of the molecule is C1CCOC1.CCc1ncc(CNC(=O)c2cncc3c2cnn3-c2ccc(F)cc2)s1.O=C(NCc1cnc(Br)s1)c1cncc2c1cnn2-c1ccc(F)cc1. The van der Waals surface area contributed by atoms with Crippen molar-refractivity contribution in [2.24, 2.45) is 0 Å². The first kappa shape index (κ1) is 40.4. The number of carbonyl (C=O) groups is 2. The Labute approximate surface area is 347 Å². The number of aryl methyl sites for hydroxylation is 1. The monoisotopic (exact) mass is 884 g/mol. The van der Waals surface area contributed by atoms with Gasteiger partial charge in [0, 0.05) is 58.5 Å². The first-order valence-electron chi connectivity index (χ1n) is 18.1. The second-order valence-corrected chi connectivity index (χ2v) is 16.2. The molecule has 1 aliphatic heterocycles. The molecule has 9 rings (SSSR count). The highest BCUT2D eigenvalue weighted by Crippen LogP contribution is 2.24. The number of benzene rings is 2. The van der Waals surface area contributed by atoms with Crippen LogP contribution in [-0.4, -0.2) is 64.5 Å².